The minimum atomic E-state index is -2.10. The van der Waals surface area contributed by atoms with Crippen LogP contribution in [0.4, 0.5) is 0 Å². The molecule has 0 bridgehead atoms. The van der Waals surface area contributed by atoms with Crippen LogP contribution >= 0.6 is 0 Å². The van der Waals surface area contributed by atoms with Crippen molar-refractivity contribution in [3.63, 3.8) is 0 Å². The van der Waals surface area contributed by atoms with Crippen molar-refractivity contribution in [2.24, 2.45) is 0 Å². The molecule has 0 spiro atoms. The van der Waals surface area contributed by atoms with Crippen molar-refractivity contribution in [2.45, 2.75) is 90.8 Å². The molecule has 2 aromatic rings. The number of hydrogen-bond donors (Lipinski definition) is 0. The van der Waals surface area contributed by atoms with Gasteiger partial charge < -0.3 is 18.6 Å². The SMILES string of the molecule is CCCCCCc1nc(Cc2cc(OC)c(OC)c(OC)c2)cc2c1[Si](C(C)C)(C(C)C)OC2. The van der Waals surface area contributed by atoms with Crippen LogP contribution in [-0.4, -0.2) is 34.6 Å². The van der Waals surface area contributed by atoms with Crippen molar-refractivity contribution >= 4 is 13.5 Å². The van der Waals surface area contributed by atoms with Gasteiger partial charge in [0.1, 0.15) is 0 Å². The molecule has 0 saturated carbocycles. The Balaban J connectivity index is 2.04. The van der Waals surface area contributed by atoms with Gasteiger partial charge in [0.05, 0.1) is 27.9 Å². The lowest BCUT2D eigenvalue weighted by Gasteiger charge is -2.35. The Morgan fingerprint density at radius 3 is 2.09 bits per heavy atom. The number of rotatable bonds is 12. The highest BCUT2D eigenvalue weighted by Crippen LogP contribution is 2.41. The van der Waals surface area contributed by atoms with E-state index in [1.54, 1.807) is 21.3 Å². The molecule has 1 aliphatic heterocycles. The molecule has 5 nitrogen and oxygen atoms in total. The largest absolute Gasteiger partial charge is 0.493 e. The summed E-state index contributed by atoms with van der Waals surface area (Å²) < 4.78 is 23.4. The first-order valence-corrected chi connectivity index (χ1v) is 14.8. The Kier molecular flexibility index (Phi) is 9.05. The third kappa shape index (κ3) is 5.13. The highest BCUT2D eigenvalue weighted by Gasteiger charge is 2.50. The summed E-state index contributed by atoms with van der Waals surface area (Å²) >= 11 is 0. The van der Waals surface area contributed by atoms with Crippen LogP contribution in [0.3, 0.4) is 0 Å². The smallest absolute Gasteiger partial charge is 0.231 e. The Morgan fingerprint density at radius 1 is 0.912 bits per heavy atom. The maximum Gasteiger partial charge on any atom is 0.231 e. The Bertz CT molecular complexity index is 940. The predicted octanol–water partition coefficient (Wildman–Crippen LogP) is 6.32. The molecule has 34 heavy (non-hydrogen) atoms. The molecule has 0 saturated heterocycles. The summed E-state index contributed by atoms with van der Waals surface area (Å²) in [5, 5.41) is 1.49. The average Bonchev–Trinajstić information content (AvgIpc) is 3.22. The van der Waals surface area contributed by atoms with Gasteiger partial charge >= 0.3 is 0 Å². The fourth-order valence-corrected chi connectivity index (χ4v) is 10.6. The molecule has 188 valence electrons. The van der Waals surface area contributed by atoms with Crippen molar-refractivity contribution < 1.29 is 18.6 Å². The number of benzene rings is 1. The van der Waals surface area contributed by atoms with Crippen LogP contribution in [0.25, 0.3) is 0 Å². The van der Waals surface area contributed by atoms with E-state index in [4.69, 9.17) is 23.6 Å². The van der Waals surface area contributed by atoms with Crippen LogP contribution in [0.1, 0.15) is 82.8 Å². The van der Waals surface area contributed by atoms with Gasteiger partial charge in [-0.05, 0) is 58.4 Å². The summed E-state index contributed by atoms with van der Waals surface area (Å²) in [6, 6.07) is 6.33. The molecule has 1 aliphatic rings. The molecule has 0 fully saturated rings. The Labute approximate surface area is 207 Å². The lowest BCUT2D eigenvalue weighted by Crippen LogP contribution is -2.54. The van der Waals surface area contributed by atoms with E-state index in [0.29, 0.717) is 41.4 Å². The van der Waals surface area contributed by atoms with E-state index in [-0.39, 0.29) is 0 Å². The molecule has 0 N–H and O–H groups in total. The molecular formula is C28H43NO4Si. The van der Waals surface area contributed by atoms with Gasteiger partial charge in [0.25, 0.3) is 0 Å². The fourth-order valence-electron chi connectivity index (χ4n) is 5.59. The number of pyridine rings is 1. The van der Waals surface area contributed by atoms with Gasteiger partial charge in [-0.2, -0.15) is 0 Å². The van der Waals surface area contributed by atoms with Gasteiger partial charge in [0.2, 0.25) is 14.1 Å². The average molecular weight is 486 g/mol. The third-order valence-electron chi connectivity index (χ3n) is 7.18. The summed E-state index contributed by atoms with van der Waals surface area (Å²) in [6.07, 6.45) is 6.70. The molecule has 0 aliphatic carbocycles. The normalized spacial score (nSPS) is 14.5. The zero-order valence-corrected chi connectivity index (χ0v) is 23.4. The lowest BCUT2D eigenvalue weighted by atomic mass is 10.0. The predicted molar refractivity (Wildman–Crippen MR) is 141 cm³/mol. The van der Waals surface area contributed by atoms with Crippen LogP contribution in [0, 0.1) is 0 Å². The molecule has 3 rings (SSSR count). The number of methoxy groups -OCH3 is 3. The van der Waals surface area contributed by atoms with Crippen molar-refractivity contribution in [3.8, 4) is 17.2 Å². The third-order valence-corrected chi connectivity index (χ3v) is 12.6. The zero-order valence-electron chi connectivity index (χ0n) is 22.4. The number of aromatic nitrogens is 1. The first-order valence-electron chi connectivity index (χ1n) is 12.8. The van der Waals surface area contributed by atoms with Crippen LogP contribution < -0.4 is 19.4 Å². The Hall–Kier alpha value is -2.05. The van der Waals surface area contributed by atoms with E-state index in [1.807, 2.05) is 12.1 Å². The standard InChI is InChI=1S/C28H43NO4Si/c1-9-10-11-12-13-24-28-22(18-33-34(28,19(2)3)20(4)5)17-23(29-24)14-21-15-25(30-6)27(32-8)26(16-21)31-7/h15-17,19-20H,9-14,18H2,1-8H3. The monoisotopic (exact) mass is 485 g/mol. The highest BCUT2D eigenvalue weighted by molar-refractivity contribution is 6.90. The first-order chi connectivity index (χ1) is 16.3. The minimum absolute atomic E-state index is 0.519. The molecule has 1 aromatic heterocycles. The minimum Gasteiger partial charge on any atom is -0.493 e. The number of fused-ring (bicyclic) bond motifs is 1. The number of ether oxygens (including phenoxy) is 3. The molecule has 0 amide bonds. The van der Waals surface area contributed by atoms with Crippen molar-refractivity contribution in [1.29, 1.82) is 0 Å². The van der Waals surface area contributed by atoms with Crippen molar-refractivity contribution in [3.05, 3.63) is 40.7 Å². The summed E-state index contributed by atoms with van der Waals surface area (Å²) in [4.78, 5) is 5.29. The first kappa shape index (κ1) is 26.5. The second-order valence-corrected chi connectivity index (χ2v) is 14.7. The van der Waals surface area contributed by atoms with Gasteiger partial charge in [-0.1, -0.05) is 53.9 Å². The summed E-state index contributed by atoms with van der Waals surface area (Å²) in [7, 11) is 2.85. The van der Waals surface area contributed by atoms with Crippen LogP contribution in [0.15, 0.2) is 18.2 Å². The molecule has 6 heteroatoms. The van der Waals surface area contributed by atoms with Gasteiger partial charge in [0, 0.05) is 17.8 Å². The molecule has 0 atom stereocenters. The van der Waals surface area contributed by atoms with Crippen molar-refractivity contribution in [2.75, 3.05) is 21.3 Å². The molecule has 2 heterocycles. The Morgan fingerprint density at radius 2 is 1.56 bits per heavy atom. The van der Waals surface area contributed by atoms with E-state index < -0.39 is 8.32 Å². The fraction of sp³-hybridized carbons (Fsp3) is 0.607. The number of nitrogens with zero attached hydrogens (tertiary/aromatic N) is 1. The van der Waals surface area contributed by atoms with E-state index in [0.717, 1.165) is 17.7 Å². The van der Waals surface area contributed by atoms with Crippen LogP contribution in [0.5, 0.6) is 17.2 Å². The summed E-state index contributed by atoms with van der Waals surface area (Å²) in [5.74, 6) is 1.96. The summed E-state index contributed by atoms with van der Waals surface area (Å²) in [6.45, 7) is 12.3. The topological polar surface area (TPSA) is 49.8 Å². The maximum absolute atomic E-state index is 6.75. The second kappa shape index (κ2) is 11.6. The van der Waals surface area contributed by atoms with Crippen LogP contribution in [-0.2, 0) is 23.9 Å². The van der Waals surface area contributed by atoms with Gasteiger partial charge in [-0.3, -0.25) is 4.98 Å². The summed E-state index contributed by atoms with van der Waals surface area (Å²) in [5.41, 5.74) is 5.85. The number of unbranched alkanes of at least 4 members (excludes halogenated alkanes) is 3. The van der Waals surface area contributed by atoms with E-state index >= 15 is 0 Å². The van der Waals surface area contributed by atoms with Gasteiger partial charge in [-0.15, -0.1) is 0 Å². The van der Waals surface area contributed by atoms with E-state index in [9.17, 15) is 0 Å². The molecule has 0 radical (unpaired) electrons. The number of hydrogen-bond acceptors (Lipinski definition) is 5. The quantitative estimate of drug-likeness (QED) is 0.260. The highest BCUT2D eigenvalue weighted by atomic mass is 28.4. The van der Waals surface area contributed by atoms with Crippen LogP contribution in [0.2, 0.25) is 11.1 Å². The van der Waals surface area contributed by atoms with E-state index in [1.165, 1.54) is 42.1 Å². The van der Waals surface area contributed by atoms with Crippen molar-refractivity contribution in [1.82, 2.24) is 4.98 Å². The molecular weight excluding hydrogens is 442 g/mol. The second-order valence-electron chi connectivity index (χ2n) is 10.0. The lowest BCUT2D eigenvalue weighted by molar-refractivity contribution is 0.299. The molecule has 0 unspecified atom stereocenters. The van der Waals surface area contributed by atoms with E-state index in [2.05, 4.69) is 40.7 Å². The maximum atomic E-state index is 6.75. The molecule has 1 aromatic carbocycles. The zero-order chi connectivity index (χ0) is 24.9. The van der Waals surface area contributed by atoms with Gasteiger partial charge in [0.15, 0.2) is 11.5 Å². The number of aryl methyl sites for hydroxylation is 1. The van der Waals surface area contributed by atoms with Gasteiger partial charge in [-0.25, -0.2) is 0 Å².